The summed E-state index contributed by atoms with van der Waals surface area (Å²) in [4.78, 5) is 21.9. The Kier molecular flexibility index (Phi) is 8.56. The third-order valence-corrected chi connectivity index (χ3v) is 3.12. The Balaban J connectivity index is 4.94. The first-order chi connectivity index (χ1) is 7.54. The van der Waals surface area contributed by atoms with Crippen molar-refractivity contribution in [3.63, 3.8) is 0 Å². The standard InChI is InChI=1S/C10H14Br2O4/c11-5-1-3-7(9(13)14)8(10(15)16)4-2-6-12/h1-6H2,(H,13,14)(H,15,16)/b8-7+. The van der Waals surface area contributed by atoms with Gasteiger partial charge in [-0.25, -0.2) is 9.59 Å². The van der Waals surface area contributed by atoms with Gasteiger partial charge in [-0.15, -0.1) is 0 Å². The smallest absolute Gasteiger partial charge is 0.332 e. The van der Waals surface area contributed by atoms with Crippen molar-refractivity contribution in [3.8, 4) is 0 Å². The average Bonchev–Trinajstić information content (AvgIpc) is 2.21. The fraction of sp³-hybridized carbons (Fsp3) is 0.600. The first-order valence-electron chi connectivity index (χ1n) is 4.85. The third kappa shape index (κ3) is 5.65. The lowest BCUT2D eigenvalue weighted by Crippen LogP contribution is -2.12. The zero-order valence-corrected chi connectivity index (χ0v) is 11.9. The maximum Gasteiger partial charge on any atom is 0.332 e. The van der Waals surface area contributed by atoms with Gasteiger partial charge in [-0.05, 0) is 25.7 Å². The highest BCUT2D eigenvalue weighted by molar-refractivity contribution is 9.09. The molecule has 0 aromatic carbocycles. The van der Waals surface area contributed by atoms with E-state index in [-0.39, 0.29) is 24.0 Å². The molecule has 0 aliphatic heterocycles. The van der Waals surface area contributed by atoms with E-state index < -0.39 is 11.9 Å². The highest BCUT2D eigenvalue weighted by Gasteiger charge is 2.19. The van der Waals surface area contributed by atoms with Crippen LogP contribution in [-0.4, -0.2) is 32.8 Å². The van der Waals surface area contributed by atoms with Gasteiger partial charge in [-0.3, -0.25) is 0 Å². The fourth-order valence-corrected chi connectivity index (χ4v) is 1.82. The molecular formula is C10H14Br2O4. The highest BCUT2D eigenvalue weighted by Crippen LogP contribution is 2.18. The number of hydrogen-bond acceptors (Lipinski definition) is 2. The number of hydrogen-bond donors (Lipinski definition) is 2. The average molecular weight is 358 g/mol. The lowest BCUT2D eigenvalue weighted by atomic mass is 10.00. The van der Waals surface area contributed by atoms with E-state index in [9.17, 15) is 9.59 Å². The van der Waals surface area contributed by atoms with Crippen molar-refractivity contribution >= 4 is 43.8 Å². The molecule has 0 heterocycles. The van der Waals surface area contributed by atoms with Gasteiger partial charge in [-0.2, -0.15) is 0 Å². The summed E-state index contributed by atoms with van der Waals surface area (Å²) >= 11 is 6.39. The Morgan fingerprint density at radius 1 is 0.812 bits per heavy atom. The summed E-state index contributed by atoms with van der Waals surface area (Å²) in [5, 5.41) is 19.3. The predicted octanol–water partition coefficient (Wildman–Crippen LogP) is 2.80. The summed E-state index contributed by atoms with van der Waals surface area (Å²) < 4.78 is 0. The summed E-state index contributed by atoms with van der Waals surface area (Å²) in [7, 11) is 0. The maximum absolute atomic E-state index is 11.0. The van der Waals surface area contributed by atoms with E-state index in [4.69, 9.17) is 10.2 Å². The van der Waals surface area contributed by atoms with Crippen molar-refractivity contribution in [2.75, 3.05) is 10.7 Å². The van der Waals surface area contributed by atoms with E-state index in [2.05, 4.69) is 31.9 Å². The van der Waals surface area contributed by atoms with Crippen molar-refractivity contribution in [2.24, 2.45) is 0 Å². The Bertz CT molecular complexity index is 259. The predicted molar refractivity (Wildman–Crippen MR) is 68.4 cm³/mol. The molecule has 0 aromatic rings. The molecular weight excluding hydrogens is 344 g/mol. The number of alkyl halides is 2. The molecule has 0 saturated carbocycles. The molecule has 0 atom stereocenters. The number of halogens is 2. The van der Waals surface area contributed by atoms with Crippen LogP contribution in [0.1, 0.15) is 25.7 Å². The lowest BCUT2D eigenvalue weighted by molar-refractivity contribution is -0.136. The Hall–Kier alpha value is -0.360. The molecule has 0 amide bonds. The minimum atomic E-state index is -1.13. The van der Waals surface area contributed by atoms with Crippen LogP contribution in [0.4, 0.5) is 0 Å². The van der Waals surface area contributed by atoms with Crippen LogP contribution in [0, 0.1) is 0 Å². The lowest BCUT2D eigenvalue weighted by Gasteiger charge is -2.07. The summed E-state index contributed by atoms with van der Waals surface area (Å²) in [5.41, 5.74) is 0.0424. The molecule has 0 aromatic heterocycles. The molecule has 6 heteroatoms. The minimum Gasteiger partial charge on any atom is -0.478 e. The number of carboxylic acids is 2. The van der Waals surface area contributed by atoms with Crippen LogP contribution in [0.25, 0.3) is 0 Å². The molecule has 4 nitrogen and oxygen atoms in total. The largest absolute Gasteiger partial charge is 0.478 e. The number of carboxylic acid groups (broad SMARTS) is 2. The quantitative estimate of drug-likeness (QED) is 0.517. The molecule has 0 rings (SSSR count). The maximum atomic E-state index is 11.0. The van der Waals surface area contributed by atoms with Gasteiger partial charge in [0.25, 0.3) is 0 Å². The van der Waals surface area contributed by atoms with Crippen LogP contribution in [0.15, 0.2) is 11.1 Å². The van der Waals surface area contributed by atoms with E-state index in [1.165, 1.54) is 0 Å². The van der Waals surface area contributed by atoms with Crippen LogP contribution >= 0.6 is 31.9 Å². The van der Waals surface area contributed by atoms with Crippen LogP contribution in [0.3, 0.4) is 0 Å². The van der Waals surface area contributed by atoms with Gasteiger partial charge in [0.2, 0.25) is 0 Å². The second-order valence-corrected chi connectivity index (χ2v) is 4.74. The van der Waals surface area contributed by atoms with Gasteiger partial charge in [0.05, 0.1) is 0 Å². The van der Waals surface area contributed by atoms with Gasteiger partial charge in [0.15, 0.2) is 0 Å². The van der Waals surface area contributed by atoms with Gasteiger partial charge < -0.3 is 10.2 Å². The first kappa shape index (κ1) is 15.6. The zero-order valence-electron chi connectivity index (χ0n) is 8.71. The van der Waals surface area contributed by atoms with E-state index >= 15 is 0 Å². The minimum absolute atomic E-state index is 0.0212. The summed E-state index contributed by atoms with van der Waals surface area (Å²) in [6, 6.07) is 0. The summed E-state index contributed by atoms with van der Waals surface area (Å²) in [6.45, 7) is 0. The van der Waals surface area contributed by atoms with Gasteiger partial charge in [0.1, 0.15) is 0 Å². The first-order valence-corrected chi connectivity index (χ1v) is 7.09. The molecule has 0 aliphatic rings. The second-order valence-electron chi connectivity index (χ2n) is 3.15. The van der Waals surface area contributed by atoms with Crippen molar-refractivity contribution in [1.29, 1.82) is 0 Å². The molecule has 0 fully saturated rings. The van der Waals surface area contributed by atoms with Crippen LogP contribution in [-0.2, 0) is 9.59 Å². The Labute approximate surface area is 111 Å². The number of aliphatic carboxylic acids is 2. The topological polar surface area (TPSA) is 74.6 Å². The molecule has 92 valence electrons. The zero-order chi connectivity index (χ0) is 12.6. The molecule has 16 heavy (non-hydrogen) atoms. The Morgan fingerprint density at radius 3 is 1.31 bits per heavy atom. The Morgan fingerprint density at radius 2 is 1.12 bits per heavy atom. The monoisotopic (exact) mass is 356 g/mol. The van der Waals surface area contributed by atoms with Crippen molar-refractivity contribution in [3.05, 3.63) is 11.1 Å². The van der Waals surface area contributed by atoms with Crippen LogP contribution < -0.4 is 0 Å². The van der Waals surface area contributed by atoms with Crippen molar-refractivity contribution < 1.29 is 19.8 Å². The van der Waals surface area contributed by atoms with Gasteiger partial charge in [0, 0.05) is 21.8 Å². The molecule has 2 N–H and O–H groups in total. The van der Waals surface area contributed by atoms with Gasteiger partial charge in [-0.1, -0.05) is 31.9 Å². The molecule has 0 aliphatic carbocycles. The van der Waals surface area contributed by atoms with Crippen LogP contribution in [0.2, 0.25) is 0 Å². The fourth-order valence-electron chi connectivity index (χ4n) is 1.26. The van der Waals surface area contributed by atoms with Crippen molar-refractivity contribution in [1.82, 2.24) is 0 Å². The van der Waals surface area contributed by atoms with E-state index in [0.717, 1.165) is 0 Å². The second kappa shape index (κ2) is 8.75. The molecule has 0 bridgehead atoms. The summed E-state index contributed by atoms with van der Waals surface area (Å²) in [5.74, 6) is -2.26. The van der Waals surface area contributed by atoms with E-state index in [1.807, 2.05) is 0 Å². The SMILES string of the molecule is O=C(O)/C(CCCBr)=C(\CCCBr)C(=O)O. The highest BCUT2D eigenvalue weighted by atomic mass is 79.9. The van der Waals surface area contributed by atoms with Crippen molar-refractivity contribution in [2.45, 2.75) is 25.7 Å². The normalized spacial score (nSPS) is 12.1. The van der Waals surface area contributed by atoms with E-state index in [0.29, 0.717) is 23.5 Å². The summed E-state index contributed by atoms with van der Waals surface area (Å²) in [6.07, 6.45) is 1.80. The third-order valence-electron chi connectivity index (χ3n) is 2.00. The van der Waals surface area contributed by atoms with Crippen LogP contribution in [0.5, 0.6) is 0 Å². The molecule has 0 unspecified atom stereocenters. The number of carbonyl (C=O) groups is 2. The number of rotatable bonds is 8. The molecule has 0 saturated heterocycles. The molecule has 0 radical (unpaired) electrons. The molecule has 0 spiro atoms. The van der Waals surface area contributed by atoms with Gasteiger partial charge >= 0.3 is 11.9 Å². The van der Waals surface area contributed by atoms with E-state index in [1.54, 1.807) is 0 Å².